The van der Waals surface area contributed by atoms with Crippen LogP contribution < -0.4 is 5.32 Å². The highest BCUT2D eigenvalue weighted by Gasteiger charge is 2.34. The molecular weight excluding hydrogens is 354 g/mol. The van der Waals surface area contributed by atoms with E-state index >= 15 is 0 Å². The van der Waals surface area contributed by atoms with Gasteiger partial charge in [-0.2, -0.15) is 4.37 Å². The Bertz CT molecular complexity index is 875. The molecule has 0 unspecified atom stereocenters. The topological polar surface area (TPSA) is 91.8 Å². The Kier molecular flexibility index (Phi) is 5.34. The number of ether oxygens (including phenoxy) is 1. The maximum absolute atomic E-state index is 12.6. The van der Waals surface area contributed by atoms with Crippen LogP contribution in [0.4, 0.5) is 5.69 Å². The van der Waals surface area contributed by atoms with E-state index < -0.39 is 5.97 Å². The van der Waals surface area contributed by atoms with E-state index in [4.69, 9.17) is 9.84 Å². The van der Waals surface area contributed by atoms with Crippen LogP contribution >= 0.6 is 11.5 Å². The Morgan fingerprint density at radius 3 is 2.88 bits per heavy atom. The van der Waals surface area contributed by atoms with Crippen molar-refractivity contribution in [2.24, 2.45) is 0 Å². The van der Waals surface area contributed by atoms with Gasteiger partial charge in [-0.15, -0.1) is 0 Å². The zero-order valence-corrected chi connectivity index (χ0v) is 15.3. The molecule has 3 rings (SSSR count). The molecule has 0 atom stereocenters. The van der Waals surface area contributed by atoms with Crippen molar-refractivity contribution in [2.75, 3.05) is 32.1 Å². The van der Waals surface area contributed by atoms with Crippen LogP contribution in [0.2, 0.25) is 0 Å². The number of hydrogen-bond donors (Lipinski definition) is 2. The average molecular weight is 373 g/mol. The molecule has 1 aliphatic heterocycles. The molecule has 0 saturated carbocycles. The van der Waals surface area contributed by atoms with Gasteiger partial charge in [-0.05, 0) is 42.2 Å². The Labute approximate surface area is 155 Å². The van der Waals surface area contributed by atoms with Crippen molar-refractivity contribution in [3.05, 3.63) is 47.3 Å². The van der Waals surface area contributed by atoms with Gasteiger partial charge in [-0.1, -0.05) is 12.1 Å². The van der Waals surface area contributed by atoms with Gasteiger partial charge in [0.1, 0.15) is 5.70 Å². The van der Waals surface area contributed by atoms with Crippen LogP contribution in [0, 0.1) is 6.92 Å². The summed E-state index contributed by atoms with van der Waals surface area (Å²) in [5.41, 5.74) is 3.04. The molecule has 1 amide bonds. The fourth-order valence-electron chi connectivity index (χ4n) is 2.74. The normalized spacial score (nSPS) is 14.1. The highest BCUT2D eigenvalue weighted by molar-refractivity contribution is 7.09. The van der Waals surface area contributed by atoms with E-state index in [1.807, 2.05) is 37.3 Å². The summed E-state index contributed by atoms with van der Waals surface area (Å²) in [6.07, 6.45) is 0. The molecule has 7 nitrogen and oxygen atoms in total. The lowest BCUT2D eigenvalue weighted by Crippen LogP contribution is -2.31. The third-order valence-electron chi connectivity index (χ3n) is 4.00. The predicted molar refractivity (Wildman–Crippen MR) is 98.6 cm³/mol. The second kappa shape index (κ2) is 7.67. The molecule has 0 spiro atoms. The Balaban J connectivity index is 1.90. The monoisotopic (exact) mass is 373 g/mol. The number of carbonyl (C=O) groups is 2. The minimum Gasteiger partial charge on any atom is -0.466 e. The van der Waals surface area contributed by atoms with E-state index in [-0.39, 0.29) is 36.9 Å². The summed E-state index contributed by atoms with van der Waals surface area (Å²) in [6, 6.07) is 9.54. The number of β-amino-alcohol motifs (C(OH)–C–C–N with tert-alkyl or cyclic N) is 1. The first-order valence-corrected chi connectivity index (χ1v) is 8.83. The van der Waals surface area contributed by atoms with Crippen LogP contribution in [-0.4, -0.2) is 53.1 Å². The van der Waals surface area contributed by atoms with E-state index in [2.05, 4.69) is 9.69 Å². The SMILES string of the molecule is COC(=O)C1=C(Nc2cccc(-c3cc(C)ns3)c2)C(=O)N(CCO)C1. The number of hydrogen-bond acceptors (Lipinski definition) is 7. The van der Waals surface area contributed by atoms with Gasteiger partial charge in [0.15, 0.2) is 0 Å². The van der Waals surface area contributed by atoms with E-state index in [1.54, 1.807) is 0 Å². The third kappa shape index (κ3) is 3.61. The second-order valence-electron chi connectivity index (χ2n) is 5.83. The average Bonchev–Trinajstić information content (AvgIpc) is 3.20. The molecule has 26 heavy (non-hydrogen) atoms. The minimum absolute atomic E-state index is 0.113. The van der Waals surface area contributed by atoms with Crippen molar-refractivity contribution in [2.45, 2.75) is 6.92 Å². The molecule has 8 heteroatoms. The molecule has 136 valence electrons. The maximum atomic E-state index is 12.6. The molecule has 0 bridgehead atoms. The predicted octanol–water partition coefficient (Wildman–Crippen LogP) is 1.79. The first-order chi connectivity index (χ1) is 12.5. The number of carbonyl (C=O) groups excluding carboxylic acids is 2. The number of methoxy groups -OCH3 is 1. The number of aliphatic hydroxyl groups excluding tert-OH is 1. The van der Waals surface area contributed by atoms with Crippen molar-refractivity contribution in [1.82, 2.24) is 9.27 Å². The van der Waals surface area contributed by atoms with Crippen LogP contribution in [0.5, 0.6) is 0 Å². The largest absolute Gasteiger partial charge is 0.466 e. The van der Waals surface area contributed by atoms with Crippen molar-refractivity contribution in [3.8, 4) is 10.4 Å². The smallest absolute Gasteiger partial charge is 0.337 e. The van der Waals surface area contributed by atoms with Gasteiger partial charge in [-0.3, -0.25) is 4.79 Å². The number of anilines is 1. The molecule has 0 fully saturated rings. The fourth-order valence-corrected chi connectivity index (χ4v) is 3.49. The number of nitrogens with zero attached hydrogens (tertiary/aromatic N) is 2. The number of aromatic nitrogens is 1. The Hall–Kier alpha value is -2.71. The van der Waals surface area contributed by atoms with Crippen LogP contribution in [0.1, 0.15) is 5.69 Å². The van der Waals surface area contributed by atoms with E-state index in [1.165, 1.54) is 23.5 Å². The Morgan fingerprint density at radius 2 is 2.23 bits per heavy atom. The van der Waals surface area contributed by atoms with E-state index in [0.29, 0.717) is 5.69 Å². The first kappa shape index (κ1) is 18.1. The van der Waals surface area contributed by atoms with Crippen molar-refractivity contribution in [3.63, 3.8) is 0 Å². The maximum Gasteiger partial charge on any atom is 0.337 e. The molecule has 2 aromatic rings. The van der Waals surface area contributed by atoms with Crippen LogP contribution in [0.15, 0.2) is 41.6 Å². The van der Waals surface area contributed by atoms with Crippen LogP contribution in [0.25, 0.3) is 10.4 Å². The highest BCUT2D eigenvalue weighted by atomic mass is 32.1. The van der Waals surface area contributed by atoms with Gasteiger partial charge in [0.2, 0.25) is 0 Å². The molecule has 1 aromatic heterocycles. The molecule has 1 aromatic carbocycles. The van der Waals surface area contributed by atoms with E-state index in [0.717, 1.165) is 16.1 Å². The van der Waals surface area contributed by atoms with E-state index in [9.17, 15) is 9.59 Å². The molecule has 0 radical (unpaired) electrons. The second-order valence-corrected chi connectivity index (χ2v) is 6.64. The van der Waals surface area contributed by atoms with Gasteiger partial charge in [0, 0.05) is 12.2 Å². The van der Waals surface area contributed by atoms with Gasteiger partial charge in [0.05, 0.1) is 36.4 Å². The first-order valence-electron chi connectivity index (χ1n) is 8.06. The highest BCUT2D eigenvalue weighted by Crippen LogP contribution is 2.29. The summed E-state index contributed by atoms with van der Waals surface area (Å²) in [5, 5.41) is 12.2. The minimum atomic E-state index is -0.560. The summed E-state index contributed by atoms with van der Waals surface area (Å²) >= 11 is 1.40. The molecule has 0 aliphatic carbocycles. The van der Waals surface area contributed by atoms with Crippen LogP contribution in [-0.2, 0) is 14.3 Å². The van der Waals surface area contributed by atoms with Crippen molar-refractivity contribution < 1.29 is 19.4 Å². The molecule has 0 saturated heterocycles. The summed E-state index contributed by atoms with van der Waals surface area (Å²) in [6.45, 7) is 2.03. The number of esters is 1. The van der Waals surface area contributed by atoms with Crippen molar-refractivity contribution in [1.29, 1.82) is 0 Å². The standard InChI is InChI=1S/C18H19N3O4S/c1-11-8-15(26-20-11)12-4-3-5-13(9-12)19-16-14(18(24)25-2)10-21(6-7-22)17(16)23/h3-5,8-9,19,22H,6-7,10H2,1-2H3. The summed E-state index contributed by atoms with van der Waals surface area (Å²) in [7, 11) is 1.28. The van der Waals surface area contributed by atoms with Gasteiger partial charge >= 0.3 is 5.97 Å². The van der Waals surface area contributed by atoms with Gasteiger partial charge in [0.25, 0.3) is 5.91 Å². The summed E-state index contributed by atoms with van der Waals surface area (Å²) < 4.78 is 9.07. The number of rotatable bonds is 6. The fraction of sp³-hybridized carbons (Fsp3) is 0.278. The molecular formula is C18H19N3O4S. The zero-order chi connectivity index (χ0) is 18.7. The lowest BCUT2D eigenvalue weighted by molar-refractivity contribution is -0.136. The summed E-state index contributed by atoms with van der Waals surface area (Å²) in [5.74, 6) is -0.894. The van der Waals surface area contributed by atoms with Crippen molar-refractivity contribution >= 4 is 29.1 Å². The molecule has 2 N–H and O–H groups in total. The van der Waals surface area contributed by atoms with Gasteiger partial charge < -0.3 is 20.1 Å². The number of aliphatic hydroxyl groups is 1. The van der Waals surface area contributed by atoms with Gasteiger partial charge in [-0.25, -0.2) is 4.79 Å². The molecule has 1 aliphatic rings. The summed E-state index contributed by atoms with van der Waals surface area (Å²) in [4.78, 5) is 27.0. The number of aryl methyl sites for hydroxylation is 1. The zero-order valence-electron chi connectivity index (χ0n) is 14.5. The lowest BCUT2D eigenvalue weighted by Gasteiger charge is -2.15. The number of nitrogens with one attached hydrogen (secondary N) is 1. The van der Waals surface area contributed by atoms with Crippen LogP contribution in [0.3, 0.4) is 0 Å². The quantitative estimate of drug-likeness (QED) is 0.750. The number of amides is 1. The lowest BCUT2D eigenvalue weighted by atomic mass is 10.1. The third-order valence-corrected chi connectivity index (χ3v) is 4.93. The Morgan fingerprint density at radius 1 is 1.42 bits per heavy atom. The number of benzene rings is 1. The molecule has 2 heterocycles.